The Hall–Kier alpha value is -2.00. The zero-order valence-electron chi connectivity index (χ0n) is 11.7. The SMILES string of the molecule is CCc1ccc(C(=O)c2cc3c(cc2Cl)OCCO3)cc1. The Morgan fingerprint density at radius 2 is 1.71 bits per heavy atom. The van der Waals surface area contributed by atoms with Crippen LogP contribution >= 0.6 is 11.6 Å². The first-order valence-electron chi connectivity index (χ1n) is 6.92. The van der Waals surface area contributed by atoms with Crippen molar-refractivity contribution in [2.24, 2.45) is 0 Å². The van der Waals surface area contributed by atoms with E-state index in [4.69, 9.17) is 21.1 Å². The lowest BCUT2D eigenvalue weighted by Gasteiger charge is -2.19. The van der Waals surface area contributed by atoms with E-state index in [2.05, 4.69) is 6.92 Å². The van der Waals surface area contributed by atoms with Crippen molar-refractivity contribution >= 4 is 17.4 Å². The van der Waals surface area contributed by atoms with Gasteiger partial charge in [0.15, 0.2) is 17.3 Å². The Balaban J connectivity index is 1.96. The van der Waals surface area contributed by atoms with Crippen molar-refractivity contribution in [3.63, 3.8) is 0 Å². The summed E-state index contributed by atoms with van der Waals surface area (Å²) in [6, 6.07) is 10.9. The fourth-order valence-electron chi connectivity index (χ4n) is 2.29. The molecule has 0 radical (unpaired) electrons. The predicted octanol–water partition coefficient (Wildman–Crippen LogP) is 3.90. The van der Waals surface area contributed by atoms with Crippen molar-refractivity contribution in [1.82, 2.24) is 0 Å². The largest absolute Gasteiger partial charge is 0.486 e. The van der Waals surface area contributed by atoms with Crippen LogP contribution in [-0.4, -0.2) is 19.0 Å². The van der Waals surface area contributed by atoms with Gasteiger partial charge in [-0.25, -0.2) is 0 Å². The summed E-state index contributed by atoms with van der Waals surface area (Å²) in [4.78, 5) is 12.6. The van der Waals surface area contributed by atoms with Gasteiger partial charge in [-0.1, -0.05) is 42.8 Å². The fraction of sp³-hybridized carbons (Fsp3) is 0.235. The number of fused-ring (bicyclic) bond motifs is 1. The van der Waals surface area contributed by atoms with Gasteiger partial charge in [0.25, 0.3) is 0 Å². The van der Waals surface area contributed by atoms with E-state index in [0.717, 1.165) is 6.42 Å². The van der Waals surface area contributed by atoms with Crippen molar-refractivity contribution in [2.45, 2.75) is 13.3 Å². The van der Waals surface area contributed by atoms with Crippen LogP contribution in [0.4, 0.5) is 0 Å². The van der Waals surface area contributed by atoms with Gasteiger partial charge in [0, 0.05) is 17.2 Å². The normalized spacial score (nSPS) is 13.0. The van der Waals surface area contributed by atoms with Crippen LogP contribution in [0.3, 0.4) is 0 Å². The molecule has 0 unspecified atom stereocenters. The molecule has 108 valence electrons. The highest BCUT2D eigenvalue weighted by Crippen LogP contribution is 2.36. The molecule has 0 saturated carbocycles. The van der Waals surface area contributed by atoms with Crippen molar-refractivity contribution < 1.29 is 14.3 Å². The summed E-state index contributed by atoms with van der Waals surface area (Å²) in [6.07, 6.45) is 0.944. The molecule has 3 nitrogen and oxygen atoms in total. The summed E-state index contributed by atoms with van der Waals surface area (Å²) in [7, 11) is 0. The maximum absolute atomic E-state index is 12.6. The number of ether oxygens (including phenoxy) is 2. The summed E-state index contributed by atoms with van der Waals surface area (Å²) in [5.74, 6) is 1.04. The molecule has 0 atom stereocenters. The third kappa shape index (κ3) is 2.74. The number of ketones is 1. The molecule has 0 aliphatic carbocycles. The molecule has 0 aromatic heterocycles. The van der Waals surface area contributed by atoms with Gasteiger partial charge in [0.2, 0.25) is 0 Å². The highest BCUT2D eigenvalue weighted by atomic mass is 35.5. The molecule has 2 aromatic rings. The zero-order valence-corrected chi connectivity index (χ0v) is 12.4. The minimum absolute atomic E-state index is 0.111. The molecular formula is C17H15ClO3. The van der Waals surface area contributed by atoms with Gasteiger partial charge in [-0.15, -0.1) is 0 Å². The quantitative estimate of drug-likeness (QED) is 0.807. The molecule has 21 heavy (non-hydrogen) atoms. The Labute approximate surface area is 128 Å². The van der Waals surface area contributed by atoms with Crippen molar-refractivity contribution in [2.75, 3.05) is 13.2 Å². The van der Waals surface area contributed by atoms with Crippen LogP contribution in [0.1, 0.15) is 28.4 Å². The summed E-state index contributed by atoms with van der Waals surface area (Å²) in [6.45, 7) is 3.05. The fourth-order valence-corrected chi connectivity index (χ4v) is 2.52. The minimum atomic E-state index is -0.111. The van der Waals surface area contributed by atoms with Crippen LogP contribution in [0.5, 0.6) is 11.5 Å². The number of aryl methyl sites for hydroxylation is 1. The van der Waals surface area contributed by atoms with Crippen LogP contribution < -0.4 is 9.47 Å². The van der Waals surface area contributed by atoms with Gasteiger partial charge < -0.3 is 9.47 Å². The molecule has 1 heterocycles. The number of rotatable bonds is 3. The van der Waals surface area contributed by atoms with Crippen LogP contribution in [-0.2, 0) is 6.42 Å². The van der Waals surface area contributed by atoms with Gasteiger partial charge in [-0.2, -0.15) is 0 Å². The van der Waals surface area contributed by atoms with Crippen molar-refractivity contribution in [3.05, 3.63) is 58.1 Å². The van der Waals surface area contributed by atoms with Crippen LogP contribution in [0.2, 0.25) is 5.02 Å². The Morgan fingerprint density at radius 1 is 1.10 bits per heavy atom. The van der Waals surface area contributed by atoms with Gasteiger partial charge in [-0.05, 0) is 18.1 Å². The highest BCUT2D eigenvalue weighted by molar-refractivity contribution is 6.35. The van der Waals surface area contributed by atoms with E-state index in [1.165, 1.54) is 5.56 Å². The standard InChI is InChI=1S/C17H15ClO3/c1-2-11-3-5-12(6-4-11)17(19)13-9-15-16(10-14(13)18)21-8-7-20-15/h3-6,9-10H,2,7-8H2,1H3. The highest BCUT2D eigenvalue weighted by Gasteiger charge is 2.19. The van der Waals surface area contributed by atoms with E-state index in [1.54, 1.807) is 12.1 Å². The molecule has 0 saturated heterocycles. The lowest BCUT2D eigenvalue weighted by Crippen LogP contribution is -2.16. The number of benzene rings is 2. The van der Waals surface area contributed by atoms with Crippen LogP contribution in [0, 0.1) is 0 Å². The smallest absolute Gasteiger partial charge is 0.194 e. The molecule has 0 spiro atoms. The Kier molecular flexibility index (Phi) is 3.84. The van der Waals surface area contributed by atoms with Crippen LogP contribution in [0.15, 0.2) is 36.4 Å². The predicted molar refractivity (Wildman–Crippen MR) is 81.7 cm³/mol. The number of halogens is 1. The average molecular weight is 303 g/mol. The molecule has 2 aromatic carbocycles. The molecule has 0 bridgehead atoms. The number of hydrogen-bond acceptors (Lipinski definition) is 3. The molecule has 0 amide bonds. The van der Waals surface area contributed by atoms with E-state index in [0.29, 0.717) is 40.9 Å². The lowest BCUT2D eigenvalue weighted by atomic mass is 10.0. The van der Waals surface area contributed by atoms with E-state index in [-0.39, 0.29) is 5.78 Å². The molecule has 0 fully saturated rings. The van der Waals surface area contributed by atoms with Gasteiger partial charge in [0.1, 0.15) is 13.2 Å². The summed E-state index contributed by atoms with van der Waals surface area (Å²) >= 11 is 6.21. The lowest BCUT2D eigenvalue weighted by molar-refractivity contribution is 0.103. The second-order valence-corrected chi connectivity index (χ2v) is 5.26. The zero-order chi connectivity index (χ0) is 14.8. The van der Waals surface area contributed by atoms with E-state index < -0.39 is 0 Å². The number of hydrogen-bond donors (Lipinski definition) is 0. The molecular weight excluding hydrogens is 288 g/mol. The topological polar surface area (TPSA) is 35.5 Å². The monoisotopic (exact) mass is 302 g/mol. The maximum Gasteiger partial charge on any atom is 0.194 e. The van der Waals surface area contributed by atoms with Crippen molar-refractivity contribution in [3.8, 4) is 11.5 Å². The third-order valence-electron chi connectivity index (χ3n) is 3.50. The van der Waals surface area contributed by atoms with E-state index in [9.17, 15) is 4.79 Å². The summed E-state index contributed by atoms with van der Waals surface area (Å²) in [5, 5.41) is 0.379. The van der Waals surface area contributed by atoms with Gasteiger partial charge >= 0.3 is 0 Å². The molecule has 1 aliphatic rings. The summed E-state index contributed by atoms with van der Waals surface area (Å²) < 4.78 is 11.0. The van der Waals surface area contributed by atoms with Gasteiger partial charge in [-0.3, -0.25) is 4.79 Å². The number of carbonyl (C=O) groups excluding carboxylic acids is 1. The van der Waals surface area contributed by atoms with E-state index in [1.807, 2.05) is 24.3 Å². The molecule has 0 N–H and O–H groups in total. The first kappa shape index (κ1) is 14.0. The average Bonchev–Trinajstić information content (AvgIpc) is 2.53. The number of carbonyl (C=O) groups is 1. The van der Waals surface area contributed by atoms with Gasteiger partial charge in [0.05, 0.1) is 5.02 Å². The second-order valence-electron chi connectivity index (χ2n) is 4.86. The summed E-state index contributed by atoms with van der Waals surface area (Å²) in [5.41, 5.74) is 2.25. The molecule has 3 rings (SSSR count). The molecule has 4 heteroatoms. The van der Waals surface area contributed by atoms with Crippen LogP contribution in [0.25, 0.3) is 0 Å². The third-order valence-corrected chi connectivity index (χ3v) is 3.81. The Morgan fingerprint density at radius 3 is 2.33 bits per heavy atom. The second kappa shape index (κ2) is 5.78. The minimum Gasteiger partial charge on any atom is -0.486 e. The first-order chi connectivity index (χ1) is 10.2. The first-order valence-corrected chi connectivity index (χ1v) is 7.29. The molecule has 1 aliphatic heterocycles. The Bertz CT molecular complexity index is 677. The van der Waals surface area contributed by atoms with E-state index >= 15 is 0 Å². The maximum atomic E-state index is 12.6. The van der Waals surface area contributed by atoms with Crippen molar-refractivity contribution in [1.29, 1.82) is 0 Å².